The number of nitro benzene ring substituents is 1. The Bertz CT molecular complexity index is 1390. The summed E-state index contributed by atoms with van der Waals surface area (Å²) in [6.45, 7) is 3.54. The van der Waals surface area contributed by atoms with E-state index >= 15 is 0 Å². The summed E-state index contributed by atoms with van der Waals surface area (Å²) in [7, 11) is 3.10. The molecule has 188 valence electrons. The van der Waals surface area contributed by atoms with E-state index in [0.717, 1.165) is 4.57 Å². The van der Waals surface area contributed by atoms with Gasteiger partial charge in [-0.1, -0.05) is 30.3 Å². The first-order chi connectivity index (χ1) is 17.3. The lowest BCUT2D eigenvalue weighted by Gasteiger charge is -2.36. The average Bonchev–Trinajstić information content (AvgIpc) is 2.90. The molecule has 1 aliphatic rings. The minimum Gasteiger partial charge on any atom is -0.491 e. The zero-order chi connectivity index (χ0) is 25.8. The molecule has 0 unspecified atom stereocenters. The van der Waals surface area contributed by atoms with Crippen LogP contribution in [0.5, 0.6) is 5.75 Å². The van der Waals surface area contributed by atoms with Crippen molar-refractivity contribution in [2.45, 2.75) is 0 Å². The highest BCUT2D eigenvalue weighted by Crippen LogP contribution is 2.27. The van der Waals surface area contributed by atoms with Crippen molar-refractivity contribution in [3.63, 3.8) is 0 Å². The number of hydrogen-bond acceptors (Lipinski definition) is 8. The fourth-order valence-corrected chi connectivity index (χ4v) is 4.19. The minimum atomic E-state index is -0.538. The van der Waals surface area contributed by atoms with Gasteiger partial charge in [0.05, 0.1) is 10.5 Å². The SMILES string of the molecule is Cn1c(N2CCN(CCOc3ccc([N+](=O)[O-])cc3C(=O)c3ccccc3)CC2)cc(=O)n(C)c1=O. The molecule has 0 saturated carbocycles. The van der Waals surface area contributed by atoms with Crippen molar-refractivity contribution < 1.29 is 14.5 Å². The Morgan fingerprint density at radius 1 is 0.972 bits per heavy atom. The Hall–Kier alpha value is -4.25. The Morgan fingerprint density at radius 3 is 2.33 bits per heavy atom. The van der Waals surface area contributed by atoms with Crippen molar-refractivity contribution >= 4 is 17.3 Å². The molecule has 0 bridgehead atoms. The quantitative estimate of drug-likeness (QED) is 0.263. The molecular weight excluding hydrogens is 466 g/mol. The molecule has 36 heavy (non-hydrogen) atoms. The maximum absolute atomic E-state index is 13.0. The molecule has 0 atom stereocenters. The number of ketones is 1. The smallest absolute Gasteiger partial charge is 0.332 e. The van der Waals surface area contributed by atoms with E-state index in [1.165, 1.54) is 35.9 Å². The summed E-state index contributed by atoms with van der Waals surface area (Å²) in [5.41, 5.74) is -0.316. The van der Waals surface area contributed by atoms with Crippen LogP contribution in [0.15, 0.2) is 64.2 Å². The molecule has 0 amide bonds. The molecule has 1 fully saturated rings. The number of anilines is 1. The number of nitrogens with zero attached hydrogens (tertiary/aromatic N) is 5. The molecule has 0 N–H and O–H groups in total. The summed E-state index contributed by atoms with van der Waals surface area (Å²) in [6, 6.07) is 14.1. The van der Waals surface area contributed by atoms with Gasteiger partial charge >= 0.3 is 5.69 Å². The fraction of sp³-hybridized carbons (Fsp3) is 0.320. The first-order valence-electron chi connectivity index (χ1n) is 11.5. The van der Waals surface area contributed by atoms with E-state index in [4.69, 9.17) is 4.74 Å². The number of ether oxygens (including phenoxy) is 1. The van der Waals surface area contributed by atoms with Crippen molar-refractivity contribution in [3.05, 3.63) is 96.7 Å². The third-order valence-electron chi connectivity index (χ3n) is 6.32. The second-order valence-electron chi connectivity index (χ2n) is 8.55. The summed E-state index contributed by atoms with van der Waals surface area (Å²) < 4.78 is 8.45. The van der Waals surface area contributed by atoms with Gasteiger partial charge in [0.1, 0.15) is 18.2 Å². The lowest BCUT2D eigenvalue weighted by atomic mass is 10.0. The number of carbonyl (C=O) groups excluding carboxylic acids is 1. The van der Waals surface area contributed by atoms with E-state index in [2.05, 4.69) is 4.90 Å². The predicted molar refractivity (Wildman–Crippen MR) is 134 cm³/mol. The van der Waals surface area contributed by atoms with Crippen LogP contribution < -0.4 is 20.9 Å². The number of nitro groups is 1. The maximum atomic E-state index is 13.0. The van der Waals surface area contributed by atoms with Gasteiger partial charge in [-0.15, -0.1) is 0 Å². The fourth-order valence-electron chi connectivity index (χ4n) is 4.19. The second kappa shape index (κ2) is 10.6. The normalized spacial score (nSPS) is 14.0. The number of piperazine rings is 1. The van der Waals surface area contributed by atoms with E-state index in [9.17, 15) is 24.5 Å². The van der Waals surface area contributed by atoms with E-state index in [0.29, 0.717) is 49.9 Å². The molecule has 2 aromatic carbocycles. The van der Waals surface area contributed by atoms with Gasteiger partial charge in [0.25, 0.3) is 11.2 Å². The topological polar surface area (TPSA) is 120 Å². The molecule has 3 aromatic rings. The summed E-state index contributed by atoms with van der Waals surface area (Å²) in [4.78, 5) is 52.2. The number of carbonyl (C=O) groups is 1. The monoisotopic (exact) mass is 493 g/mol. The third-order valence-corrected chi connectivity index (χ3v) is 6.32. The van der Waals surface area contributed by atoms with Crippen molar-refractivity contribution in [3.8, 4) is 5.75 Å². The molecule has 0 spiro atoms. The summed E-state index contributed by atoms with van der Waals surface area (Å²) in [5, 5.41) is 11.3. The van der Waals surface area contributed by atoms with Crippen molar-refractivity contribution in [2.24, 2.45) is 14.1 Å². The summed E-state index contributed by atoms with van der Waals surface area (Å²) in [5.74, 6) is 0.541. The van der Waals surface area contributed by atoms with Crippen molar-refractivity contribution in [1.82, 2.24) is 14.0 Å². The molecule has 11 nitrogen and oxygen atoms in total. The number of non-ortho nitro benzene ring substituents is 1. The molecule has 1 saturated heterocycles. The number of benzene rings is 2. The second-order valence-corrected chi connectivity index (χ2v) is 8.55. The average molecular weight is 494 g/mol. The summed E-state index contributed by atoms with van der Waals surface area (Å²) in [6.07, 6.45) is 0. The predicted octanol–water partition coefficient (Wildman–Crippen LogP) is 1.42. The highest BCUT2D eigenvalue weighted by Gasteiger charge is 2.22. The lowest BCUT2D eigenvalue weighted by Crippen LogP contribution is -2.50. The molecule has 2 heterocycles. The van der Waals surface area contributed by atoms with E-state index in [-0.39, 0.29) is 34.9 Å². The zero-order valence-electron chi connectivity index (χ0n) is 20.1. The number of rotatable bonds is 8. The maximum Gasteiger partial charge on any atom is 0.332 e. The standard InChI is InChI=1S/C25H27N5O6/c1-26-22(17-23(31)27(2)25(26)33)29-12-10-28(11-13-29)14-15-36-21-9-8-19(30(34)35)16-20(21)24(32)18-6-4-3-5-7-18/h3-9,16-17H,10-15H2,1-2H3. The molecular formula is C25H27N5O6. The van der Waals surface area contributed by atoms with Crippen LogP contribution >= 0.6 is 0 Å². The van der Waals surface area contributed by atoms with Crippen LogP contribution in [0.2, 0.25) is 0 Å². The Balaban J connectivity index is 1.39. The van der Waals surface area contributed by atoms with Gasteiger partial charge in [0.15, 0.2) is 5.78 Å². The Labute approximate surface area is 206 Å². The molecule has 0 aliphatic carbocycles. The van der Waals surface area contributed by atoms with Crippen molar-refractivity contribution in [1.29, 1.82) is 0 Å². The highest BCUT2D eigenvalue weighted by atomic mass is 16.6. The minimum absolute atomic E-state index is 0.145. The largest absolute Gasteiger partial charge is 0.491 e. The van der Waals surface area contributed by atoms with Crippen LogP contribution in [0.3, 0.4) is 0 Å². The molecule has 11 heteroatoms. The van der Waals surface area contributed by atoms with Gasteiger partial charge in [-0.3, -0.25) is 33.7 Å². The lowest BCUT2D eigenvalue weighted by molar-refractivity contribution is -0.384. The number of aromatic nitrogens is 2. The van der Waals surface area contributed by atoms with Crippen LogP contribution in [0.4, 0.5) is 11.5 Å². The van der Waals surface area contributed by atoms with Crippen LogP contribution in [0.1, 0.15) is 15.9 Å². The van der Waals surface area contributed by atoms with Gasteiger partial charge in [-0.05, 0) is 6.07 Å². The zero-order valence-corrected chi connectivity index (χ0v) is 20.1. The Kier molecular flexibility index (Phi) is 7.30. The summed E-state index contributed by atoms with van der Waals surface area (Å²) >= 11 is 0. The van der Waals surface area contributed by atoms with Gasteiger partial charge in [0, 0.05) is 70.6 Å². The van der Waals surface area contributed by atoms with Crippen LogP contribution in [0, 0.1) is 10.1 Å². The van der Waals surface area contributed by atoms with E-state index in [1.807, 2.05) is 4.90 Å². The van der Waals surface area contributed by atoms with E-state index < -0.39 is 4.92 Å². The van der Waals surface area contributed by atoms with Crippen LogP contribution in [-0.4, -0.2) is 64.1 Å². The third kappa shape index (κ3) is 5.20. The molecule has 1 aliphatic heterocycles. The van der Waals surface area contributed by atoms with Crippen LogP contribution in [-0.2, 0) is 14.1 Å². The van der Waals surface area contributed by atoms with Gasteiger partial charge < -0.3 is 9.64 Å². The Morgan fingerprint density at radius 2 is 1.67 bits per heavy atom. The first-order valence-corrected chi connectivity index (χ1v) is 11.5. The number of hydrogen-bond donors (Lipinski definition) is 0. The van der Waals surface area contributed by atoms with Crippen molar-refractivity contribution in [2.75, 3.05) is 44.2 Å². The molecule has 0 radical (unpaired) electrons. The van der Waals surface area contributed by atoms with E-state index in [1.54, 1.807) is 37.4 Å². The first kappa shape index (κ1) is 24.9. The molecule has 1 aromatic heterocycles. The van der Waals surface area contributed by atoms with Crippen LogP contribution in [0.25, 0.3) is 0 Å². The van der Waals surface area contributed by atoms with Gasteiger partial charge in [-0.25, -0.2) is 4.79 Å². The van der Waals surface area contributed by atoms with Gasteiger partial charge in [0.2, 0.25) is 0 Å². The highest BCUT2D eigenvalue weighted by molar-refractivity contribution is 6.11. The molecule has 4 rings (SSSR count). The van der Waals surface area contributed by atoms with Gasteiger partial charge in [-0.2, -0.15) is 0 Å².